The van der Waals surface area contributed by atoms with Crippen molar-refractivity contribution in [2.24, 2.45) is 0 Å². The molecule has 0 aromatic heterocycles. The van der Waals surface area contributed by atoms with Crippen LogP contribution in [-0.2, 0) is 4.74 Å². The maximum Gasteiger partial charge on any atom is 0.215 e. The molecule has 0 saturated carbocycles. The monoisotopic (exact) mass is 258 g/mol. The molecule has 0 aliphatic rings. The van der Waals surface area contributed by atoms with Gasteiger partial charge in [0.15, 0.2) is 0 Å². The van der Waals surface area contributed by atoms with Gasteiger partial charge in [-0.15, -0.1) is 0 Å². The second kappa shape index (κ2) is 11.0. The number of nitrogens with zero attached hydrogens (tertiary/aromatic N) is 2. The number of hydrogen-bond donors (Lipinski definition) is 0. The van der Waals surface area contributed by atoms with E-state index in [1.807, 2.05) is 0 Å². The summed E-state index contributed by atoms with van der Waals surface area (Å²) in [4.78, 5) is 0. The van der Waals surface area contributed by atoms with E-state index in [4.69, 9.17) is 4.74 Å². The van der Waals surface area contributed by atoms with Crippen LogP contribution in [-0.4, -0.2) is 58.1 Å². The van der Waals surface area contributed by atoms with Crippen molar-refractivity contribution in [3.8, 4) is 0 Å². The highest BCUT2D eigenvalue weighted by molar-refractivity contribution is 6.58. The molecular formula is C13H30N2OSi. The van der Waals surface area contributed by atoms with Crippen LogP contribution in [0.4, 0.5) is 0 Å². The number of methoxy groups -OCH3 is 1. The lowest BCUT2D eigenvalue weighted by Crippen LogP contribution is -2.51. The highest BCUT2D eigenvalue weighted by atomic mass is 28.3. The lowest BCUT2D eigenvalue weighted by molar-refractivity contribution is 0.204. The van der Waals surface area contributed by atoms with Gasteiger partial charge in [0.25, 0.3) is 0 Å². The van der Waals surface area contributed by atoms with Crippen molar-refractivity contribution in [2.45, 2.75) is 34.1 Å². The van der Waals surface area contributed by atoms with E-state index in [2.05, 4.69) is 48.6 Å². The molecule has 0 aliphatic carbocycles. The number of hydrogen-bond acceptors (Lipinski definition) is 3. The van der Waals surface area contributed by atoms with Crippen LogP contribution in [0.15, 0.2) is 11.8 Å². The van der Waals surface area contributed by atoms with Crippen LogP contribution in [0.3, 0.4) is 0 Å². The molecule has 17 heavy (non-hydrogen) atoms. The zero-order chi connectivity index (χ0) is 13.1. The van der Waals surface area contributed by atoms with Gasteiger partial charge in [-0.1, -0.05) is 39.5 Å². The Kier molecular flexibility index (Phi) is 10.9. The third-order valence-electron chi connectivity index (χ3n) is 3.17. The van der Waals surface area contributed by atoms with Crippen LogP contribution >= 0.6 is 0 Å². The fourth-order valence-corrected chi connectivity index (χ4v) is 4.95. The molecule has 0 heterocycles. The lowest BCUT2D eigenvalue weighted by atomic mass is 10.5. The van der Waals surface area contributed by atoms with E-state index in [1.54, 1.807) is 7.11 Å². The maximum atomic E-state index is 5.09. The first-order valence-corrected chi connectivity index (χ1v) is 8.58. The molecule has 0 spiro atoms. The molecule has 0 unspecified atom stereocenters. The second-order valence-electron chi connectivity index (χ2n) is 4.07. The van der Waals surface area contributed by atoms with Gasteiger partial charge in [0.1, 0.15) is 0 Å². The Morgan fingerprint density at radius 1 is 0.941 bits per heavy atom. The molecule has 3 nitrogen and oxygen atoms in total. The Labute approximate surface area is 109 Å². The van der Waals surface area contributed by atoms with Gasteiger partial charge in [0, 0.05) is 13.7 Å². The summed E-state index contributed by atoms with van der Waals surface area (Å²) in [6.45, 7) is 14.5. The number of rotatable bonds is 10. The van der Waals surface area contributed by atoms with Crippen molar-refractivity contribution in [1.82, 2.24) is 9.13 Å². The van der Waals surface area contributed by atoms with E-state index in [-0.39, 0.29) is 0 Å². The average molecular weight is 258 g/mol. The predicted molar refractivity (Wildman–Crippen MR) is 78.6 cm³/mol. The van der Waals surface area contributed by atoms with E-state index >= 15 is 0 Å². The van der Waals surface area contributed by atoms with Gasteiger partial charge >= 0.3 is 0 Å². The van der Waals surface area contributed by atoms with E-state index in [9.17, 15) is 0 Å². The molecule has 0 aromatic rings. The Balaban J connectivity index is 4.53. The van der Waals surface area contributed by atoms with Gasteiger partial charge in [-0.05, 0) is 32.6 Å². The van der Waals surface area contributed by atoms with Gasteiger partial charge in [0.2, 0.25) is 9.12 Å². The Hall–Kier alpha value is -0.163. The summed E-state index contributed by atoms with van der Waals surface area (Å²) in [6, 6.07) is 0. The standard InChI is InChI=1S/C13H30N2OSi/c1-6-14(7-2)17(15(8-3)9-4)13-11-10-12-16-5/h11,13,17H,6-10,12H2,1-5H3. The van der Waals surface area contributed by atoms with Crippen LogP contribution in [0.1, 0.15) is 34.1 Å². The summed E-state index contributed by atoms with van der Waals surface area (Å²) in [5, 5.41) is 0. The van der Waals surface area contributed by atoms with Crippen molar-refractivity contribution >= 4 is 9.12 Å². The quantitative estimate of drug-likeness (QED) is 0.440. The zero-order valence-corrected chi connectivity index (χ0v) is 13.4. The molecule has 0 N–H and O–H groups in total. The highest BCUT2D eigenvalue weighted by Crippen LogP contribution is 2.04. The van der Waals surface area contributed by atoms with Crippen LogP contribution in [0.25, 0.3) is 0 Å². The highest BCUT2D eigenvalue weighted by Gasteiger charge is 2.20. The molecule has 0 rings (SSSR count). The van der Waals surface area contributed by atoms with E-state index in [0.717, 1.165) is 39.2 Å². The van der Waals surface area contributed by atoms with Gasteiger partial charge in [-0.3, -0.25) is 0 Å². The Bertz CT molecular complexity index is 180. The van der Waals surface area contributed by atoms with Crippen LogP contribution in [0.2, 0.25) is 0 Å². The van der Waals surface area contributed by atoms with E-state index < -0.39 is 9.12 Å². The van der Waals surface area contributed by atoms with Gasteiger partial charge < -0.3 is 13.9 Å². The normalized spacial score (nSPS) is 12.5. The third-order valence-corrected chi connectivity index (χ3v) is 6.74. The van der Waals surface area contributed by atoms with Crippen LogP contribution in [0, 0.1) is 0 Å². The van der Waals surface area contributed by atoms with Crippen molar-refractivity contribution in [2.75, 3.05) is 39.9 Å². The van der Waals surface area contributed by atoms with Crippen LogP contribution < -0.4 is 0 Å². The minimum absolute atomic E-state index is 0.828. The predicted octanol–water partition coefficient (Wildman–Crippen LogP) is 2.02. The molecule has 0 fully saturated rings. The minimum Gasteiger partial charge on any atom is -0.384 e. The smallest absolute Gasteiger partial charge is 0.215 e. The molecule has 0 aromatic carbocycles. The molecular weight excluding hydrogens is 228 g/mol. The molecule has 0 bridgehead atoms. The molecule has 102 valence electrons. The summed E-state index contributed by atoms with van der Waals surface area (Å²) in [5.41, 5.74) is 2.46. The first-order chi connectivity index (χ1) is 8.24. The van der Waals surface area contributed by atoms with E-state index in [1.165, 1.54) is 0 Å². The second-order valence-corrected chi connectivity index (χ2v) is 6.74. The fraction of sp³-hybridized carbons (Fsp3) is 0.846. The fourth-order valence-electron chi connectivity index (χ4n) is 2.07. The summed E-state index contributed by atoms with van der Waals surface area (Å²) in [7, 11) is 0.686. The molecule has 0 saturated heterocycles. The molecule has 0 radical (unpaired) electrons. The first kappa shape index (κ1) is 16.8. The maximum absolute atomic E-state index is 5.09. The third kappa shape index (κ3) is 6.36. The molecule has 4 heteroatoms. The molecule has 0 aliphatic heterocycles. The first-order valence-electron chi connectivity index (χ1n) is 6.88. The average Bonchev–Trinajstić information content (AvgIpc) is 2.36. The van der Waals surface area contributed by atoms with Crippen molar-refractivity contribution in [3.05, 3.63) is 11.8 Å². The SMILES string of the molecule is CCN(CC)[SiH](C=CCCOC)N(CC)CC. The Morgan fingerprint density at radius 2 is 1.41 bits per heavy atom. The van der Waals surface area contributed by atoms with E-state index in [0.29, 0.717) is 0 Å². The van der Waals surface area contributed by atoms with Crippen LogP contribution in [0.5, 0.6) is 0 Å². The van der Waals surface area contributed by atoms with Crippen molar-refractivity contribution < 1.29 is 4.74 Å². The summed E-state index contributed by atoms with van der Waals surface area (Å²) < 4.78 is 10.3. The van der Waals surface area contributed by atoms with Crippen molar-refractivity contribution in [3.63, 3.8) is 0 Å². The van der Waals surface area contributed by atoms with Crippen molar-refractivity contribution in [1.29, 1.82) is 0 Å². The van der Waals surface area contributed by atoms with Gasteiger partial charge in [0.05, 0.1) is 0 Å². The Morgan fingerprint density at radius 3 is 1.76 bits per heavy atom. The lowest BCUT2D eigenvalue weighted by Gasteiger charge is -2.34. The van der Waals surface area contributed by atoms with Gasteiger partial charge in [-0.25, -0.2) is 0 Å². The summed E-state index contributed by atoms with van der Waals surface area (Å²) in [5.74, 6) is 0. The molecule has 0 amide bonds. The minimum atomic E-state index is -1.08. The molecule has 0 atom stereocenters. The summed E-state index contributed by atoms with van der Waals surface area (Å²) in [6.07, 6.45) is 3.33. The topological polar surface area (TPSA) is 15.7 Å². The largest absolute Gasteiger partial charge is 0.384 e. The zero-order valence-electron chi connectivity index (χ0n) is 12.3. The number of ether oxygens (including phenoxy) is 1. The summed E-state index contributed by atoms with van der Waals surface area (Å²) >= 11 is 0. The van der Waals surface area contributed by atoms with Gasteiger partial charge in [-0.2, -0.15) is 0 Å².